The number of carboxylic acids is 1. The first-order valence-corrected chi connectivity index (χ1v) is 5.35. The summed E-state index contributed by atoms with van der Waals surface area (Å²) in [5.74, 6) is -0.995. The van der Waals surface area contributed by atoms with Crippen LogP contribution >= 0.6 is 11.3 Å². The summed E-state index contributed by atoms with van der Waals surface area (Å²) in [5.41, 5.74) is 0.0897. The van der Waals surface area contributed by atoms with Crippen LogP contribution < -0.4 is 4.90 Å². The maximum Gasteiger partial charge on any atom is 0.355 e. The van der Waals surface area contributed by atoms with Crippen molar-refractivity contribution in [1.82, 2.24) is 4.98 Å². The molecule has 0 saturated heterocycles. The number of nitrogens with zero attached hydrogens (tertiary/aromatic N) is 2. The van der Waals surface area contributed by atoms with E-state index in [2.05, 4.69) is 4.98 Å². The molecule has 6 heteroatoms. The highest BCUT2D eigenvalue weighted by molar-refractivity contribution is 7.13. The molecule has 1 unspecified atom stereocenters. The molecule has 0 spiro atoms. The average molecular weight is 230 g/mol. The SMILES string of the molecule is COC(C)CN(C)c1nc(C(=O)O)cs1. The van der Waals surface area contributed by atoms with Crippen molar-refractivity contribution >= 4 is 22.4 Å². The summed E-state index contributed by atoms with van der Waals surface area (Å²) in [7, 11) is 3.50. The van der Waals surface area contributed by atoms with Crippen LogP contribution in [0.3, 0.4) is 0 Å². The number of ether oxygens (including phenoxy) is 1. The van der Waals surface area contributed by atoms with Crippen LogP contribution in [0.4, 0.5) is 5.13 Å². The second-order valence-electron chi connectivity index (χ2n) is 3.25. The third kappa shape index (κ3) is 3.17. The van der Waals surface area contributed by atoms with E-state index in [0.29, 0.717) is 11.7 Å². The van der Waals surface area contributed by atoms with Crippen LogP contribution in [0.5, 0.6) is 0 Å². The van der Waals surface area contributed by atoms with E-state index in [-0.39, 0.29) is 11.8 Å². The molecule has 1 aromatic heterocycles. The highest BCUT2D eigenvalue weighted by Gasteiger charge is 2.13. The number of thiazole rings is 1. The molecule has 1 aromatic rings. The monoisotopic (exact) mass is 230 g/mol. The number of methoxy groups -OCH3 is 1. The fourth-order valence-corrected chi connectivity index (χ4v) is 1.85. The van der Waals surface area contributed by atoms with Crippen LogP contribution in [0.15, 0.2) is 5.38 Å². The predicted octanol–water partition coefficient (Wildman–Crippen LogP) is 1.31. The first-order valence-electron chi connectivity index (χ1n) is 4.47. The van der Waals surface area contributed by atoms with Gasteiger partial charge in [0.1, 0.15) is 0 Å². The molecule has 0 radical (unpaired) electrons. The highest BCUT2D eigenvalue weighted by Crippen LogP contribution is 2.19. The Labute approximate surface area is 92.3 Å². The van der Waals surface area contributed by atoms with Crippen LogP contribution in [-0.4, -0.2) is 42.9 Å². The number of carbonyl (C=O) groups is 1. The molecular weight excluding hydrogens is 216 g/mol. The summed E-state index contributed by atoms with van der Waals surface area (Å²) in [6.07, 6.45) is 0.0900. The van der Waals surface area contributed by atoms with Gasteiger partial charge in [0.25, 0.3) is 0 Å². The molecule has 0 bridgehead atoms. The Morgan fingerprint density at radius 3 is 2.93 bits per heavy atom. The Morgan fingerprint density at radius 1 is 1.80 bits per heavy atom. The van der Waals surface area contributed by atoms with Crippen molar-refractivity contribution in [2.75, 3.05) is 25.6 Å². The van der Waals surface area contributed by atoms with Gasteiger partial charge in [0, 0.05) is 26.1 Å². The summed E-state index contributed by atoms with van der Waals surface area (Å²) in [5, 5.41) is 10.9. The molecule has 0 aliphatic rings. The van der Waals surface area contributed by atoms with E-state index in [9.17, 15) is 4.79 Å². The van der Waals surface area contributed by atoms with Gasteiger partial charge in [0.2, 0.25) is 0 Å². The van der Waals surface area contributed by atoms with Gasteiger partial charge >= 0.3 is 5.97 Å². The zero-order chi connectivity index (χ0) is 11.4. The van der Waals surface area contributed by atoms with E-state index in [1.165, 1.54) is 16.7 Å². The first kappa shape index (κ1) is 11.9. The minimum Gasteiger partial charge on any atom is -0.476 e. The standard InChI is InChI=1S/C9H14N2O3S/c1-6(14-3)4-11(2)9-10-7(5-15-9)8(12)13/h5-6H,4H2,1-3H3,(H,12,13). The largest absolute Gasteiger partial charge is 0.476 e. The molecule has 0 aromatic carbocycles. The van der Waals surface area contributed by atoms with Crippen LogP contribution in [-0.2, 0) is 4.74 Å². The molecule has 1 heterocycles. The molecule has 0 amide bonds. The van der Waals surface area contributed by atoms with Gasteiger partial charge in [-0.2, -0.15) is 0 Å². The van der Waals surface area contributed by atoms with E-state index in [4.69, 9.17) is 9.84 Å². The topological polar surface area (TPSA) is 62.7 Å². The normalized spacial score (nSPS) is 12.5. The summed E-state index contributed by atoms with van der Waals surface area (Å²) in [6, 6.07) is 0. The second-order valence-corrected chi connectivity index (χ2v) is 4.08. The Bertz CT molecular complexity index is 340. The number of likely N-dealkylation sites (N-methyl/N-ethyl adjacent to an activating group) is 1. The van der Waals surface area contributed by atoms with E-state index in [1.54, 1.807) is 7.11 Å². The zero-order valence-electron chi connectivity index (χ0n) is 8.93. The number of rotatable bonds is 5. The quantitative estimate of drug-likeness (QED) is 0.826. The Hall–Kier alpha value is -1.14. The number of anilines is 1. The Morgan fingerprint density at radius 2 is 2.47 bits per heavy atom. The van der Waals surface area contributed by atoms with Crippen molar-refractivity contribution in [3.05, 3.63) is 11.1 Å². The van der Waals surface area contributed by atoms with Gasteiger partial charge < -0.3 is 14.7 Å². The fourth-order valence-electron chi connectivity index (χ4n) is 1.08. The summed E-state index contributed by atoms with van der Waals surface area (Å²) in [4.78, 5) is 16.5. The minimum absolute atomic E-state index is 0.0897. The lowest BCUT2D eigenvalue weighted by Gasteiger charge is -2.19. The van der Waals surface area contributed by atoms with Crippen molar-refractivity contribution in [3.63, 3.8) is 0 Å². The van der Waals surface area contributed by atoms with Gasteiger partial charge in [-0.25, -0.2) is 9.78 Å². The lowest BCUT2D eigenvalue weighted by atomic mass is 10.4. The van der Waals surface area contributed by atoms with Crippen LogP contribution in [0.2, 0.25) is 0 Å². The van der Waals surface area contributed by atoms with Crippen LogP contribution in [0.1, 0.15) is 17.4 Å². The maximum absolute atomic E-state index is 10.6. The number of aromatic nitrogens is 1. The highest BCUT2D eigenvalue weighted by atomic mass is 32.1. The molecule has 1 atom stereocenters. The molecule has 5 nitrogen and oxygen atoms in total. The van der Waals surface area contributed by atoms with Gasteiger partial charge in [-0.1, -0.05) is 0 Å². The Balaban J connectivity index is 2.65. The number of aromatic carboxylic acids is 1. The van der Waals surface area contributed by atoms with Crippen LogP contribution in [0, 0.1) is 0 Å². The van der Waals surface area contributed by atoms with E-state index >= 15 is 0 Å². The third-order valence-corrected chi connectivity index (χ3v) is 2.93. The van der Waals surface area contributed by atoms with Crippen molar-refractivity contribution < 1.29 is 14.6 Å². The van der Waals surface area contributed by atoms with Gasteiger partial charge in [0.15, 0.2) is 10.8 Å². The fraction of sp³-hybridized carbons (Fsp3) is 0.556. The average Bonchev–Trinajstić information content (AvgIpc) is 2.66. The molecule has 84 valence electrons. The van der Waals surface area contributed by atoms with Gasteiger partial charge in [-0.15, -0.1) is 11.3 Å². The molecule has 0 aliphatic carbocycles. The first-order chi connectivity index (χ1) is 7.04. The van der Waals surface area contributed by atoms with Gasteiger partial charge in [-0.3, -0.25) is 0 Å². The molecule has 15 heavy (non-hydrogen) atoms. The summed E-state index contributed by atoms with van der Waals surface area (Å²) in [6.45, 7) is 2.63. The Kier molecular flexibility index (Phi) is 4.05. The van der Waals surface area contributed by atoms with E-state index in [0.717, 1.165) is 0 Å². The molecule has 1 N–H and O–H groups in total. The number of hydrogen-bond acceptors (Lipinski definition) is 5. The molecule has 0 saturated carbocycles. The number of hydrogen-bond donors (Lipinski definition) is 1. The maximum atomic E-state index is 10.6. The smallest absolute Gasteiger partial charge is 0.355 e. The predicted molar refractivity (Wildman–Crippen MR) is 58.8 cm³/mol. The number of carboxylic acid groups (broad SMARTS) is 1. The summed E-state index contributed by atoms with van der Waals surface area (Å²) >= 11 is 1.32. The van der Waals surface area contributed by atoms with Gasteiger partial charge in [0.05, 0.1) is 6.10 Å². The lowest BCUT2D eigenvalue weighted by molar-refractivity contribution is 0.0691. The molecule has 1 rings (SSSR count). The van der Waals surface area contributed by atoms with Crippen molar-refractivity contribution in [2.45, 2.75) is 13.0 Å². The zero-order valence-corrected chi connectivity index (χ0v) is 9.74. The van der Waals surface area contributed by atoms with Crippen molar-refractivity contribution in [3.8, 4) is 0 Å². The van der Waals surface area contributed by atoms with E-state index in [1.807, 2.05) is 18.9 Å². The second kappa shape index (κ2) is 5.09. The molecule has 0 aliphatic heterocycles. The lowest BCUT2D eigenvalue weighted by Crippen LogP contribution is -2.28. The van der Waals surface area contributed by atoms with Crippen LogP contribution in [0.25, 0.3) is 0 Å². The van der Waals surface area contributed by atoms with Gasteiger partial charge in [-0.05, 0) is 6.92 Å². The minimum atomic E-state index is -0.995. The third-order valence-electron chi connectivity index (χ3n) is 1.97. The van der Waals surface area contributed by atoms with Crippen molar-refractivity contribution in [2.24, 2.45) is 0 Å². The van der Waals surface area contributed by atoms with Crippen molar-refractivity contribution in [1.29, 1.82) is 0 Å². The summed E-state index contributed by atoms with van der Waals surface area (Å²) < 4.78 is 5.12. The van der Waals surface area contributed by atoms with E-state index < -0.39 is 5.97 Å². The molecule has 0 fully saturated rings. The molecular formula is C9H14N2O3S.